The Balaban J connectivity index is 1.82. The van der Waals surface area contributed by atoms with Crippen LogP contribution in [0.3, 0.4) is 0 Å². The lowest BCUT2D eigenvalue weighted by atomic mass is 10.1. The first-order chi connectivity index (χ1) is 14.0. The summed E-state index contributed by atoms with van der Waals surface area (Å²) in [4.78, 5) is 26.4. The molecule has 0 unspecified atom stereocenters. The van der Waals surface area contributed by atoms with Gasteiger partial charge in [0.05, 0.1) is 20.5 Å². The molecular formula is C23H22O3S3. The quantitative estimate of drug-likeness (QED) is 0.335. The van der Waals surface area contributed by atoms with Crippen LogP contribution in [-0.4, -0.2) is 24.4 Å². The van der Waals surface area contributed by atoms with Crippen molar-refractivity contribution >= 4 is 46.9 Å². The molecule has 0 aromatic heterocycles. The SMILES string of the molecule is CCCSC1=C(C(=O)c2ccc(OC)cc2)S/C(=C\C(=O)c2ccc(C)cc2)S1. The van der Waals surface area contributed by atoms with E-state index in [-0.39, 0.29) is 11.6 Å². The van der Waals surface area contributed by atoms with Gasteiger partial charge in [0.2, 0.25) is 5.78 Å². The second-order valence-electron chi connectivity index (χ2n) is 6.42. The molecule has 6 heteroatoms. The van der Waals surface area contributed by atoms with Crippen molar-refractivity contribution in [1.82, 2.24) is 0 Å². The van der Waals surface area contributed by atoms with Crippen molar-refractivity contribution in [3.8, 4) is 5.75 Å². The van der Waals surface area contributed by atoms with Crippen LogP contribution in [0.5, 0.6) is 5.75 Å². The highest BCUT2D eigenvalue weighted by atomic mass is 32.2. The van der Waals surface area contributed by atoms with Crippen LogP contribution in [0.4, 0.5) is 0 Å². The summed E-state index contributed by atoms with van der Waals surface area (Å²) in [7, 11) is 1.60. The van der Waals surface area contributed by atoms with Gasteiger partial charge in [0, 0.05) is 17.2 Å². The van der Waals surface area contributed by atoms with Crippen LogP contribution in [0.15, 0.2) is 68.0 Å². The van der Waals surface area contributed by atoms with E-state index >= 15 is 0 Å². The van der Waals surface area contributed by atoms with Crippen LogP contribution >= 0.6 is 35.3 Å². The van der Waals surface area contributed by atoms with Gasteiger partial charge in [-0.3, -0.25) is 9.59 Å². The molecule has 0 fully saturated rings. The molecule has 0 N–H and O–H groups in total. The summed E-state index contributed by atoms with van der Waals surface area (Å²) in [5.74, 6) is 1.59. The molecule has 1 heterocycles. The zero-order valence-electron chi connectivity index (χ0n) is 16.6. The van der Waals surface area contributed by atoms with E-state index in [1.54, 1.807) is 49.2 Å². The van der Waals surface area contributed by atoms with Gasteiger partial charge in [0.25, 0.3) is 0 Å². The number of thioether (sulfide) groups is 3. The Morgan fingerprint density at radius 1 is 1.00 bits per heavy atom. The van der Waals surface area contributed by atoms with Gasteiger partial charge in [-0.1, -0.05) is 60.3 Å². The molecule has 0 atom stereocenters. The van der Waals surface area contributed by atoms with Gasteiger partial charge in [-0.05, 0) is 43.4 Å². The minimum atomic E-state index is -0.0435. The number of Topliss-reactive ketones (excluding diaryl/α,β-unsaturated/α-hetero) is 1. The van der Waals surface area contributed by atoms with E-state index in [9.17, 15) is 9.59 Å². The lowest BCUT2D eigenvalue weighted by Gasteiger charge is -2.05. The number of carbonyl (C=O) groups excluding carboxylic acids is 2. The second kappa shape index (κ2) is 10.2. The highest BCUT2D eigenvalue weighted by Crippen LogP contribution is 2.54. The van der Waals surface area contributed by atoms with Crippen LogP contribution < -0.4 is 4.74 Å². The molecule has 2 aromatic carbocycles. The fourth-order valence-corrected chi connectivity index (χ4v) is 6.51. The Morgan fingerprint density at radius 3 is 2.28 bits per heavy atom. The third-order valence-electron chi connectivity index (χ3n) is 4.16. The number of methoxy groups -OCH3 is 1. The predicted molar refractivity (Wildman–Crippen MR) is 126 cm³/mol. The van der Waals surface area contributed by atoms with Crippen LogP contribution in [0.2, 0.25) is 0 Å². The smallest absolute Gasteiger partial charge is 0.201 e. The van der Waals surface area contributed by atoms with Gasteiger partial charge in [0.1, 0.15) is 5.75 Å². The van der Waals surface area contributed by atoms with Gasteiger partial charge in [-0.25, -0.2) is 0 Å². The maximum atomic E-state index is 13.1. The molecule has 29 heavy (non-hydrogen) atoms. The van der Waals surface area contributed by atoms with Crippen molar-refractivity contribution in [2.45, 2.75) is 20.3 Å². The summed E-state index contributed by atoms with van der Waals surface area (Å²) in [5, 5.41) is 0. The minimum absolute atomic E-state index is 0.0186. The van der Waals surface area contributed by atoms with E-state index in [1.165, 1.54) is 23.5 Å². The fraction of sp³-hybridized carbons (Fsp3) is 0.217. The minimum Gasteiger partial charge on any atom is -0.497 e. The molecule has 0 saturated heterocycles. The number of benzene rings is 2. The third-order valence-corrected chi connectivity index (χ3v) is 8.22. The summed E-state index contributed by atoms with van der Waals surface area (Å²) >= 11 is 4.58. The molecule has 0 radical (unpaired) electrons. The highest BCUT2D eigenvalue weighted by molar-refractivity contribution is 8.36. The Kier molecular flexibility index (Phi) is 7.70. The van der Waals surface area contributed by atoms with E-state index in [1.807, 2.05) is 31.2 Å². The van der Waals surface area contributed by atoms with Crippen LogP contribution in [0.25, 0.3) is 0 Å². The average molecular weight is 443 g/mol. The summed E-state index contributed by atoms with van der Waals surface area (Å²) < 4.78 is 6.99. The lowest BCUT2D eigenvalue weighted by molar-refractivity contribution is 0.103. The van der Waals surface area contributed by atoms with Crippen molar-refractivity contribution in [2.24, 2.45) is 0 Å². The summed E-state index contributed by atoms with van der Waals surface area (Å²) in [6, 6.07) is 14.7. The number of ether oxygens (including phenoxy) is 1. The van der Waals surface area contributed by atoms with E-state index in [0.29, 0.717) is 21.8 Å². The summed E-state index contributed by atoms with van der Waals surface area (Å²) in [6.45, 7) is 4.11. The monoisotopic (exact) mass is 442 g/mol. The molecule has 150 valence electrons. The number of hydrogen-bond acceptors (Lipinski definition) is 6. The molecule has 1 aliphatic rings. The third kappa shape index (κ3) is 5.59. The number of hydrogen-bond donors (Lipinski definition) is 0. The highest BCUT2D eigenvalue weighted by Gasteiger charge is 2.28. The largest absolute Gasteiger partial charge is 0.497 e. The zero-order valence-corrected chi connectivity index (χ0v) is 19.0. The maximum Gasteiger partial charge on any atom is 0.201 e. The molecule has 0 spiro atoms. The molecule has 3 rings (SSSR count). The summed E-state index contributed by atoms with van der Waals surface area (Å²) in [5.41, 5.74) is 2.39. The van der Waals surface area contributed by atoms with E-state index < -0.39 is 0 Å². The molecule has 0 aliphatic carbocycles. The van der Waals surface area contributed by atoms with Crippen LogP contribution in [0.1, 0.15) is 39.6 Å². The van der Waals surface area contributed by atoms with Crippen LogP contribution in [-0.2, 0) is 0 Å². The molecule has 0 bridgehead atoms. The predicted octanol–water partition coefficient (Wildman–Crippen LogP) is 6.70. The standard InChI is InChI=1S/C23H22O3S3/c1-4-13-27-23-22(21(25)17-9-11-18(26-3)12-10-17)28-20(29-23)14-19(24)16-7-5-15(2)6-8-16/h5-12,14H,4,13H2,1-3H3/b20-14+. The van der Waals surface area contributed by atoms with Crippen molar-refractivity contribution in [3.63, 3.8) is 0 Å². The fourth-order valence-electron chi connectivity index (χ4n) is 2.57. The van der Waals surface area contributed by atoms with Crippen LogP contribution in [0, 0.1) is 6.92 Å². The van der Waals surface area contributed by atoms with Crippen molar-refractivity contribution in [3.05, 3.63) is 84.7 Å². The van der Waals surface area contributed by atoms with Gasteiger partial charge in [0.15, 0.2) is 5.78 Å². The number of allylic oxidation sites excluding steroid dienone is 2. The average Bonchev–Trinajstić information content (AvgIpc) is 3.14. The summed E-state index contributed by atoms with van der Waals surface area (Å²) in [6.07, 6.45) is 2.66. The number of aryl methyl sites for hydroxylation is 1. The van der Waals surface area contributed by atoms with Crippen molar-refractivity contribution < 1.29 is 14.3 Å². The normalized spacial score (nSPS) is 15.1. The van der Waals surface area contributed by atoms with E-state index in [2.05, 4.69) is 6.92 Å². The Morgan fingerprint density at radius 2 is 1.66 bits per heavy atom. The van der Waals surface area contributed by atoms with Gasteiger partial charge in [-0.15, -0.1) is 11.8 Å². The van der Waals surface area contributed by atoms with Crippen molar-refractivity contribution in [2.75, 3.05) is 12.9 Å². The van der Waals surface area contributed by atoms with Gasteiger partial charge < -0.3 is 4.74 Å². The maximum absolute atomic E-state index is 13.1. The van der Waals surface area contributed by atoms with E-state index in [4.69, 9.17) is 4.74 Å². The topological polar surface area (TPSA) is 43.4 Å². The second-order valence-corrected chi connectivity index (χ2v) is 10.1. The Labute approximate surface area is 184 Å². The molecular weight excluding hydrogens is 420 g/mol. The molecule has 2 aromatic rings. The first-order valence-electron chi connectivity index (χ1n) is 9.26. The Hall–Kier alpha value is -1.89. The first-order valence-corrected chi connectivity index (χ1v) is 11.9. The molecule has 3 nitrogen and oxygen atoms in total. The van der Waals surface area contributed by atoms with E-state index in [0.717, 1.165) is 26.2 Å². The Bertz CT molecular complexity index is 958. The number of carbonyl (C=O) groups is 2. The molecule has 1 aliphatic heterocycles. The lowest BCUT2D eigenvalue weighted by Crippen LogP contribution is -2.00. The number of ketones is 2. The van der Waals surface area contributed by atoms with Gasteiger partial charge in [-0.2, -0.15) is 0 Å². The molecule has 0 saturated carbocycles. The number of rotatable bonds is 8. The molecule has 0 amide bonds. The first kappa shape index (κ1) is 21.8. The zero-order chi connectivity index (χ0) is 20.8. The van der Waals surface area contributed by atoms with Gasteiger partial charge >= 0.3 is 0 Å². The van der Waals surface area contributed by atoms with Crippen molar-refractivity contribution in [1.29, 1.82) is 0 Å².